The van der Waals surface area contributed by atoms with Crippen LogP contribution in [0.1, 0.15) is 55.3 Å². The zero-order valence-corrected chi connectivity index (χ0v) is 29.9. The lowest BCUT2D eigenvalue weighted by Crippen LogP contribution is -2.59. The van der Waals surface area contributed by atoms with Gasteiger partial charge in [-0.15, -0.1) is 0 Å². The van der Waals surface area contributed by atoms with Crippen LogP contribution in [0.5, 0.6) is 5.75 Å². The number of halogens is 4. The number of carbonyl (C=O) groups is 2. The Balaban J connectivity index is 1.56. The summed E-state index contributed by atoms with van der Waals surface area (Å²) in [7, 11) is 1.59. The normalized spacial score (nSPS) is 17.2. The number of hydrogen-bond acceptors (Lipinski definition) is 4. The van der Waals surface area contributed by atoms with Gasteiger partial charge in [0.1, 0.15) is 11.2 Å². The number of nitrogens with zero attached hydrogens (tertiary/aromatic N) is 1. The third-order valence-electron chi connectivity index (χ3n) is 9.51. The van der Waals surface area contributed by atoms with Gasteiger partial charge in [-0.1, -0.05) is 91.0 Å². The standard InChI is InChI=1S/C41H36F3IN2O4/c1-51-32-20-16-27(17-21-32)22-23-46-39(50)40(24-30-8-3-7-13-36(30)45)35-12-6-4-10-33(35)38(49)47(37(40)29-18-14-28(26-48)15-19-29)25-31-9-2-5-11-34(31)41(42,43)44/h2-21,37,48H,22-26H2,1H3,(H,46,50)/t37-,40-/m0/s1. The van der Waals surface area contributed by atoms with Crippen molar-refractivity contribution in [3.8, 4) is 5.75 Å². The molecule has 6 nitrogen and oxygen atoms in total. The minimum Gasteiger partial charge on any atom is -0.497 e. The number of alkyl halides is 3. The van der Waals surface area contributed by atoms with Gasteiger partial charge in [-0.25, -0.2) is 0 Å². The molecule has 5 aromatic rings. The van der Waals surface area contributed by atoms with Gasteiger partial charge in [0.2, 0.25) is 5.91 Å². The molecule has 1 aliphatic rings. The predicted octanol–water partition coefficient (Wildman–Crippen LogP) is 8.05. The van der Waals surface area contributed by atoms with E-state index in [0.29, 0.717) is 28.9 Å². The highest BCUT2D eigenvalue weighted by Gasteiger charge is 2.56. The van der Waals surface area contributed by atoms with Crippen LogP contribution in [0.2, 0.25) is 0 Å². The minimum absolute atomic E-state index is 0.0854. The Morgan fingerprint density at radius 1 is 0.863 bits per heavy atom. The number of carbonyl (C=O) groups excluding carboxylic acids is 2. The van der Waals surface area contributed by atoms with Crippen molar-refractivity contribution in [1.29, 1.82) is 0 Å². The smallest absolute Gasteiger partial charge is 0.416 e. The fourth-order valence-electron chi connectivity index (χ4n) is 7.03. The van der Waals surface area contributed by atoms with Crippen LogP contribution in [0, 0.1) is 3.57 Å². The minimum atomic E-state index is -4.67. The van der Waals surface area contributed by atoms with Crippen molar-refractivity contribution in [2.75, 3.05) is 13.7 Å². The largest absolute Gasteiger partial charge is 0.497 e. The molecule has 0 saturated carbocycles. The molecule has 0 radical (unpaired) electrons. The van der Waals surface area contributed by atoms with Gasteiger partial charge in [-0.3, -0.25) is 9.59 Å². The van der Waals surface area contributed by atoms with E-state index in [-0.39, 0.29) is 36.6 Å². The SMILES string of the molecule is COc1ccc(CCNC(=O)[C@@]2(Cc3ccccc3I)c3ccccc3C(=O)N(Cc3ccccc3C(F)(F)F)[C@H]2c2ccc(CO)cc2)cc1. The van der Waals surface area contributed by atoms with Crippen LogP contribution in [0.3, 0.4) is 0 Å². The van der Waals surface area contributed by atoms with Gasteiger partial charge in [-0.2, -0.15) is 13.2 Å². The molecule has 0 fully saturated rings. The van der Waals surface area contributed by atoms with Gasteiger partial charge in [0.15, 0.2) is 0 Å². The van der Waals surface area contributed by atoms with E-state index in [2.05, 4.69) is 27.9 Å². The third kappa shape index (κ3) is 7.38. The molecule has 0 bridgehead atoms. The van der Waals surface area contributed by atoms with Crippen LogP contribution in [-0.2, 0) is 42.4 Å². The van der Waals surface area contributed by atoms with E-state index in [1.54, 1.807) is 55.6 Å². The number of benzene rings is 5. The van der Waals surface area contributed by atoms with Crippen LogP contribution in [-0.4, -0.2) is 35.5 Å². The second-order valence-corrected chi connectivity index (χ2v) is 13.7. The van der Waals surface area contributed by atoms with E-state index < -0.39 is 35.6 Å². The fourth-order valence-corrected chi connectivity index (χ4v) is 7.60. The molecule has 262 valence electrons. The molecular weight excluding hydrogens is 768 g/mol. The quantitative estimate of drug-likeness (QED) is 0.133. The van der Waals surface area contributed by atoms with E-state index in [9.17, 15) is 23.1 Å². The van der Waals surface area contributed by atoms with Gasteiger partial charge >= 0.3 is 6.18 Å². The number of rotatable bonds is 11. The van der Waals surface area contributed by atoms with Gasteiger partial charge in [0, 0.05) is 22.2 Å². The molecule has 5 aromatic carbocycles. The average Bonchev–Trinajstić information content (AvgIpc) is 3.14. The highest BCUT2D eigenvalue weighted by atomic mass is 127. The number of fused-ring (bicyclic) bond motifs is 1. The summed E-state index contributed by atoms with van der Waals surface area (Å²) in [5, 5.41) is 13.0. The van der Waals surface area contributed by atoms with Crippen LogP contribution in [0.4, 0.5) is 13.2 Å². The van der Waals surface area contributed by atoms with E-state index in [0.717, 1.165) is 20.8 Å². The van der Waals surface area contributed by atoms with Gasteiger partial charge in [0.25, 0.3) is 5.91 Å². The van der Waals surface area contributed by atoms with Crippen LogP contribution in [0.25, 0.3) is 0 Å². The number of aliphatic hydroxyl groups is 1. The first-order valence-electron chi connectivity index (χ1n) is 16.5. The Morgan fingerprint density at radius 3 is 2.16 bits per heavy atom. The molecule has 2 amide bonds. The molecular formula is C41H36F3IN2O4. The lowest BCUT2D eigenvalue weighted by Gasteiger charge is -2.50. The maximum atomic E-state index is 15.2. The van der Waals surface area contributed by atoms with Crippen molar-refractivity contribution in [3.05, 3.63) is 169 Å². The van der Waals surface area contributed by atoms with Crippen molar-refractivity contribution in [2.45, 2.75) is 43.6 Å². The number of hydrogen-bond donors (Lipinski definition) is 2. The second-order valence-electron chi connectivity index (χ2n) is 12.5. The number of ether oxygens (including phenoxy) is 1. The maximum absolute atomic E-state index is 15.2. The highest BCUT2D eigenvalue weighted by molar-refractivity contribution is 14.1. The molecule has 1 aliphatic heterocycles. The van der Waals surface area contributed by atoms with E-state index >= 15 is 4.79 Å². The summed E-state index contributed by atoms with van der Waals surface area (Å²) in [5.74, 6) is -0.130. The Morgan fingerprint density at radius 2 is 1.49 bits per heavy atom. The number of aliphatic hydroxyl groups excluding tert-OH is 1. The third-order valence-corrected chi connectivity index (χ3v) is 10.6. The monoisotopic (exact) mass is 804 g/mol. The molecule has 0 spiro atoms. The van der Waals surface area contributed by atoms with Gasteiger partial charge in [-0.05, 0) is 99.1 Å². The van der Waals surface area contributed by atoms with Crippen molar-refractivity contribution in [2.24, 2.45) is 0 Å². The van der Waals surface area contributed by atoms with Crippen molar-refractivity contribution in [3.63, 3.8) is 0 Å². The summed E-state index contributed by atoms with van der Waals surface area (Å²) >= 11 is 2.23. The number of amides is 2. The molecule has 2 atom stereocenters. The van der Waals surface area contributed by atoms with Gasteiger partial charge in [0.05, 0.1) is 25.3 Å². The van der Waals surface area contributed by atoms with E-state index in [1.807, 2.05) is 48.5 Å². The molecule has 0 aliphatic carbocycles. The van der Waals surface area contributed by atoms with Gasteiger partial charge < -0.3 is 20.1 Å². The van der Waals surface area contributed by atoms with Crippen LogP contribution in [0.15, 0.2) is 121 Å². The first-order chi connectivity index (χ1) is 24.6. The lowest BCUT2D eigenvalue weighted by atomic mass is 9.63. The molecule has 6 rings (SSSR count). The summed E-state index contributed by atoms with van der Waals surface area (Å²) < 4.78 is 49.3. The average molecular weight is 805 g/mol. The number of methoxy groups -OCH3 is 1. The van der Waals surface area contributed by atoms with Crippen LogP contribution < -0.4 is 10.1 Å². The summed E-state index contributed by atoms with van der Waals surface area (Å²) in [6.45, 7) is -0.363. The topological polar surface area (TPSA) is 78.9 Å². The molecule has 1 heterocycles. The summed E-state index contributed by atoms with van der Waals surface area (Å²) in [4.78, 5) is 31.3. The van der Waals surface area contributed by atoms with Crippen molar-refractivity contribution >= 4 is 34.4 Å². The first kappa shape index (κ1) is 36.1. The summed E-state index contributed by atoms with van der Waals surface area (Å²) in [6.07, 6.45) is -4.01. The van der Waals surface area contributed by atoms with Crippen LogP contribution >= 0.6 is 22.6 Å². The summed E-state index contributed by atoms with van der Waals surface area (Å²) in [5.41, 5.74) is 1.31. The Kier molecular flexibility index (Phi) is 10.8. The lowest BCUT2D eigenvalue weighted by molar-refractivity contribution is -0.139. The molecule has 10 heteroatoms. The molecule has 0 unspecified atom stereocenters. The molecule has 0 saturated heterocycles. The van der Waals surface area contributed by atoms with E-state index in [4.69, 9.17) is 4.74 Å². The molecule has 51 heavy (non-hydrogen) atoms. The first-order valence-corrected chi connectivity index (χ1v) is 17.5. The molecule has 0 aromatic heterocycles. The zero-order valence-electron chi connectivity index (χ0n) is 27.8. The Bertz CT molecular complexity index is 2020. The van der Waals surface area contributed by atoms with Crippen molar-refractivity contribution < 1.29 is 32.6 Å². The summed E-state index contributed by atoms with van der Waals surface area (Å²) in [6, 6.07) is 33.2. The Hall–Kier alpha value is -4.68. The number of nitrogens with one attached hydrogen (secondary N) is 1. The van der Waals surface area contributed by atoms with Crippen molar-refractivity contribution in [1.82, 2.24) is 10.2 Å². The maximum Gasteiger partial charge on any atom is 0.416 e. The fraction of sp³-hybridized carbons (Fsp3) is 0.220. The molecule has 2 N–H and O–H groups in total. The predicted molar refractivity (Wildman–Crippen MR) is 197 cm³/mol. The van der Waals surface area contributed by atoms with E-state index in [1.165, 1.54) is 23.1 Å². The second kappa shape index (κ2) is 15.3. The highest BCUT2D eigenvalue weighted by Crippen LogP contribution is 2.51. The zero-order chi connectivity index (χ0) is 36.2. The Labute approximate surface area is 308 Å².